The van der Waals surface area contributed by atoms with E-state index in [0.717, 1.165) is 5.56 Å². The summed E-state index contributed by atoms with van der Waals surface area (Å²) in [5.74, 6) is -2.69. The van der Waals surface area contributed by atoms with Crippen LogP contribution >= 0.6 is 0 Å². The van der Waals surface area contributed by atoms with Gasteiger partial charge in [-0.1, -0.05) is 30.3 Å². The number of nitrogens with zero attached hydrogens (tertiary/aromatic N) is 4. The minimum atomic E-state index is -1.23. The maximum Gasteiger partial charge on any atom is 0.408 e. The van der Waals surface area contributed by atoms with Gasteiger partial charge in [0.1, 0.15) is 42.8 Å². The van der Waals surface area contributed by atoms with Crippen molar-refractivity contribution in [1.29, 1.82) is 0 Å². The lowest BCUT2D eigenvalue weighted by Crippen LogP contribution is -2.45. The van der Waals surface area contributed by atoms with Crippen LogP contribution < -0.4 is 5.32 Å². The molecule has 1 saturated heterocycles. The first-order valence-corrected chi connectivity index (χ1v) is 14.7. The van der Waals surface area contributed by atoms with Gasteiger partial charge in [0, 0.05) is 27.2 Å². The molecule has 16 nitrogen and oxygen atoms in total. The molecule has 47 heavy (non-hydrogen) atoms. The number of ether oxygens (including phenoxy) is 6. The molecule has 0 bridgehead atoms. The van der Waals surface area contributed by atoms with Crippen LogP contribution in [0.25, 0.3) is 11.2 Å². The number of carbonyl (C=O) groups excluding carboxylic acids is 5. The molecule has 1 N–H and O–H groups in total. The lowest BCUT2D eigenvalue weighted by atomic mass is 10.1. The van der Waals surface area contributed by atoms with Crippen LogP contribution in [0.15, 0.2) is 43.0 Å². The molecule has 1 fully saturated rings. The van der Waals surface area contributed by atoms with E-state index in [9.17, 15) is 24.0 Å². The number of carbonyl (C=O) groups is 5. The Morgan fingerprint density at radius 2 is 1.60 bits per heavy atom. The Morgan fingerprint density at radius 1 is 0.915 bits per heavy atom. The molecule has 5 atom stereocenters. The van der Waals surface area contributed by atoms with E-state index >= 15 is 0 Å². The lowest BCUT2D eigenvalue weighted by molar-refractivity contribution is -0.166. The Balaban J connectivity index is 1.65. The highest BCUT2D eigenvalue weighted by Gasteiger charge is 2.51. The number of hydrogen-bond acceptors (Lipinski definition) is 14. The molecule has 0 spiro atoms. The summed E-state index contributed by atoms with van der Waals surface area (Å²) in [4.78, 5) is 74.7. The van der Waals surface area contributed by atoms with Crippen LogP contribution in [0.3, 0.4) is 0 Å². The number of benzene rings is 1. The van der Waals surface area contributed by atoms with Crippen LogP contribution in [-0.4, -0.2) is 86.1 Å². The number of hydrogen-bond donors (Lipinski definition) is 1. The molecular formula is C31H37N5O11. The van der Waals surface area contributed by atoms with E-state index < -0.39 is 66.2 Å². The first-order chi connectivity index (χ1) is 22.2. The van der Waals surface area contributed by atoms with Gasteiger partial charge in [0.05, 0.1) is 12.0 Å². The minimum Gasteiger partial charge on any atom is -0.463 e. The quantitative estimate of drug-likeness (QED) is 0.233. The number of aromatic nitrogens is 4. The van der Waals surface area contributed by atoms with Crippen molar-refractivity contribution in [2.45, 2.75) is 90.8 Å². The topological polar surface area (TPSA) is 196 Å². The number of amides is 1. The van der Waals surface area contributed by atoms with Gasteiger partial charge in [-0.2, -0.15) is 0 Å². The molecule has 1 unspecified atom stereocenters. The van der Waals surface area contributed by atoms with Gasteiger partial charge < -0.3 is 33.7 Å². The third kappa shape index (κ3) is 9.45. The number of rotatable bonds is 11. The second kappa shape index (κ2) is 15.0. The third-order valence-corrected chi connectivity index (χ3v) is 6.65. The van der Waals surface area contributed by atoms with Crippen LogP contribution in [0.4, 0.5) is 4.79 Å². The van der Waals surface area contributed by atoms with Gasteiger partial charge in [0.2, 0.25) is 0 Å². The van der Waals surface area contributed by atoms with Gasteiger partial charge in [-0.15, -0.1) is 0 Å². The molecule has 3 heterocycles. The number of nitrogens with one attached hydrogen (secondary N) is 1. The SMILES string of the molecule is CC(=O)OC[C@H]1O[C@@H](n2cnc3c(CC(NC(=O)OC(C)(C)C)C(=O)OCc4ccccc4)ncnc32)[C@H](OC(C)=O)[C@@H]1OC(C)=O. The fourth-order valence-electron chi connectivity index (χ4n) is 4.82. The van der Waals surface area contributed by atoms with E-state index in [1.165, 1.54) is 38.0 Å². The average Bonchev–Trinajstić information content (AvgIpc) is 3.55. The first-order valence-electron chi connectivity index (χ1n) is 14.7. The number of alkyl carbamates (subject to hydrolysis) is 1. The Bertz CT molecular complexity index is 1600. The summed E-state index contributed by atoms with van der Waals surface area (Å²) in [6, 6.07) is 7.80. The molecule has 0 aliphatic carbocycles. The summed E-state index contributed by atoms with van der Waals surface area (Å²) in [5, 5.41) is 2.56. The Hall–Kier alpha value is -5.12. The summed E-state index contributed by atoms with van der Waals surface area (Å²) >= 11 is 0. The predicted octanol–water partition coefficient (Wildman–Crippen LogP) is 2.33. The van der Waals surface area contributed by atoms with Crippen molar-refractivity contribution in [3.05, 3.63) is 54.2 Å². The zero-order valence-corrected chi connectivity index (χ0v) is 26.8. The molecular weight excluding hydrogens is 618 g/mol. The van der Waals surface area contributed by atoms with Gasteiger partial charge >= 0.3 is 30.0 Å². The van der Waals surface area contributed by atoms with Crippen molar-refractivity contribution in [2.75, 3.05) is 6.61 Å². The van der Waals surface area contributed by atoms with Crippen LogP contribution in [0, 0.1) is 0 Å². The van der Waals surface area contributed by atoms with Crippen molar-refractivity contribution >= 4 is 41.1 Å². The molecule has 252 valence electrons. The zero-order chi connectivity index (χ0) is 34.3. The summed E-state index contributed by atoms with van der Waals surface area (Å²) in [6.07, 6.45) is -2.86. The molecule has 1 amide bonds. The van der Waals surface area contributed by atoms with Gasteiger partial charge in [-0.05, 0) is 26.3 Å². The highest BCUT2D eigenvalue weighted by molar-refractivity contribution is 5.83. The summed E-state index contributed by atoms with van der Waals surface area (Å²) in [7, 11) is 0. The highest BCUT2D eigenvalue weighted by Crippen LogP contribution is 2.36. The number of esters is 4. The van der Waals surface area contributed by atoms with Crippen molar-refractivity contribution in [3.8, 4) is 0 Å². The average molecular weight is 656 g/mol. The molecule has 0 radical (unpaired) electrons. The second-order valence-electron chi connectivity index (χ2n) is 11.7. The maximum absolute atomic E-state index is 13.3. The van der Waals surface area contributed by atoms with Crippen molar-refractivity contribution < 1.29 is 52.4 Å². The van der Waals surface area contributed by atoms with Crippen molar-refractivity contribution in [1.82, 2.24) is 24.8 Å². The summed E-state index contributed by atoms with van der Waals surface area (Å²) < 4.78 is 34.5. The molecule has 2 aromatic heterocycles. The fourth-order valence-corrected chi connectivity index (χ4v) is 4.82. The van der Waals surface area contributed by atoms with E-state index in [-0.39, 0.29) is 36.5 Å². The molecule has 1 aliphatic heterocycles. The molecule has 3 aromatic rings. The van der Waals surface area contributed by atoms with Gasteiger partial charge in [-0.3, -0.25) is 19.0 Å². The second-order valence-corrected chi connectivity index (χ2v) is 11.7. The van der Waals surface area contributed by atoms with Crippen LogP contribution in [0.2, 0.25) is 0 Å². The third-order valence-electron chi connectivity index (χ3n) is 6.65. The summed E-state index contributed by atoms with van der Waals surface area (Å²) in [6.45, 7) is 8.31. The number of imidazole rings is 1. The Labute approximate surface area is 270 Å². The van der Waals surface area contributed by atoms with E-state index in [1.54, 1.807) is 45.0 Å². The van der Waals surface area contributed by atoms with Crippen LogP contribution in [0.1, 0.15) is 59.0 Å². The van der Waals surface area contributed by atoms with Crippen molar-refractivity contribution in [3.63, 3.8) is 0 Å². The monoisotopic (exact) mass is 655 g/mol. The van der Waals surface area contributed by atoms with Crippen LogP contribution in [0.5, 0.6) is 0 Å². The Kier molecular flexibility index (Phi) is 11.1. The fraction of sp³-hybridized carbons (Fsp3) is 0.484. The van der Waals surface area contributed by atoms with Gasteiger partial charge in [-0.25, -0.2) is 24.5 Å². The standard InChI is InChI=1S/C31H37N5O11/c1-17(37)42-14-23-25(44-18(2)38)26(45-19(3)39)28(46-23)36-16-34-24-21(32-15-33-27(24)36)12-22(35-30(41)47-31(4,5)6)29(40)43-13-20-10-8-7-9-11-20/h7-11,15-16,22-23,25-26,28H,12-14H2,1-6H3,(H,35,41)/t22?,23-,25-,26-,28-/m1/s1. The van der Waals surface area contributed by atoms with Crippen molar-refractivity contribution in [2.24, 2.45) is 0 Å². The zero-order valence-electron chi connectivity index (χ0n) is 26.8. The van der Waals surface area contributed by atoms with Crippen LogP contribution in [-0.2, 0) is 60.6 Å². The normalized spacial score (nSPS) is 19.8. The molecule has 1 aliphatic rings. The van der Waals surface area contributed by atoms with Gasteiger partial charge in [0.25, 0.3) is 0 Å². The largest absolute Gasteiger partial charge is 0.463 e. The van der Waals surface area contributed by atoms with Gasteiger partial charge in [0.15, 0.2) is 24.1 Å². The number of fused-ring (bicyclic) bond motifs is 1. The molecule has 1 aromatic carbocycles. The van der Waals surface area contributed by atoms with E-state index in [2.05, 4.69) is 20.3 Å². The predicted molar refractivity (Wildman–Crippen MR) is 160 cm³/mol. The molecule has 16 heteroatoms. The smallest absolute Gasteiger partial charge is 0.408 e. The van der Waals surface area contributed by atoms with E-state index in [4.69, 9.17) is 28.4 Å². The first kappa shape index (κ1) is 34.7. The highest BCUT2D eigenvalue weighted by atomic mass is 16.7. The minimum absolute atomic E-state index is 0.0332. The lowest BCUT2D eigenvalue weighted by Gasteiger charge is -2.24. The Morgan fingerprint density at radius 3 is 2.23 bits per heavy atom. The maximum atomic E-state index is 13.3. The molecule has 0 saturated carbocycles. The summed E-state index contributed by atoms with van der Waals surface area (Å²) in [5.41, 5.74) is 0.623. The van der Waals surface area contributed by atoms with E-state index in [1.807, 2.05) is 6.07 Å². The van der Waals surface area contributed by atoms with E-state index in [0.29, 0.717) is 0 Å². The molecule has 4 rings (SSSR count).